The summed E-state index contributed by atoms with van der Waals surface area (Å²) in [4.78, 5) is 20.5. The number of pyridine rings is 1. The van der Waals surface area contributed by atoms with E-state index in [0.29, 0.717) is 21.4 Å². The summed E-state index contributed by atoms with van der Waals surface area (Å²) < 4.78 is 1.51. The number of rotatable bonds is 2. The van der Waals surface area contributed by atoms with Crippen LogP contribution >= 0.6 is 31.9 Å². The number of nitrogens with zero attached hydrogens (tertiary/aromatic N) is 2. The molecule has 0 radical (unpaired) electrons. The third-order valence-electron chi connectivity index (χ3n) is 3.03. The molecule has 1 N–H and O–H groups in total. The molecule has 104 valence electrons. The van der Waals surface area contributed by atoms with Gasteiger partial charge in [0, 0.05) is 28.0 Å². The lowest BCUT2D eigenvalue weighted by molar-refractivity contribution is 0.104. The molecule has 2 aromatic rings. The highest BCUT2D eigenvalue weighted by Gasteiger charge is 2.27. The standard InChI is InChI=1S/C15H8Br2N2O2/c16-8-5-12(17)15(18-6-8)19-7-11-13(20)9-3-1-2-4-10(9)14(11)21/h1-7,20H/b19-7+. The molecule has 0 saturated heterocycles. The minimum absolute atomic E-state index is 0.0485. The molecule has 1 aliphatic carbocycles. The van der Waals surface area contributed by atoms with Gasteiger partial charge in [0.05, 0.1) is 10.0 Å². The number of hydrogen-bond acceptors (Lipinski definition) is 4. The molecule has 4 nitrogen and oxygen atoms in total. The lowest BCUT2D eigenvalue weighted by atomic mass is 10.1. The fourth-order valence-corrected chi connectivity index (χ4v) is 3.12. The highest BCUT2D eigenvalue weighted by atomic mass is 79.9. The summed E-state index contributed by atoms with van der Waals surface area (Å²) >= 11 is 6.65. The van der Waals surface area contributed by atoms with Crippen molar-refractivity contribution in [3.05, 3.63) is 62.2 Å². The molecule has 0 saturated carbocycles. The number of carbonyl (C=O) groups excluding carboxylic acids is 1. The number of aliphatic hydroxyl groups excluding tert-OH is 1. The Kier molecular flexibility index (Phi) is 3.73. The van der Waals surface area contributed by atoms with Crippen LogP contribution in [0, 0.1) is 0 Å². The molecule has 1 aromatic heterocycles. The Balaban J connectivity index is 1.98. The number of halogens is 2. The fourth-order valence-electron chi connectivity index (χ4n) is 2.03. The number of allylic oxidation sites excluding steroid dienone is 1. The molecule has 3 rings (SSSR count). The molecule has 0 spiro atoms. The zero-order valence-electron chi connectivity index (χ0n) is 10.5. The van der Waals surface area contributed by atoms with Crippen LogP contribution in [0.3, 0.4) is 0 Å². The van der Waals surface area contributed by atoms with Crippen LogP contribution in [0.2, 0.25) is 0 Å². The van der Waals surface area contributed by atoms with Gasteiger partial charge in [0.15, 0.2) is 11.6 Å². The second-order valence-corrected chi connectivity index (χ2v) is 6.12. The molecule has 1 heterocycles. The van der Waals surface area contributed by atoms with Gasteiger partial charge in [0.2, 0.25) is 0 Å². The van der Waals surface area contributed by atoms with Crippen molar-refractivity contribution >= 4 is 55.4 Å². The average molecular weight is 408 g/mol. The quantitative estimate of drug-likeness (QED) is 0.746. The van der Waals surface area contributed by atoms with Crippen LogP contribution in [0.15, 0.2) is 56.0 Å². The number of aliphatic imine (C=N–C) groups is 1. The maximum absolute atomic E-state index is 12.2. The van der Waals surface area contributed by atoms with Crippen LogP contribution in [0.5, 0.6) is 0 Å². The van der Waals surface area contributed by atoms with Gasteiger partial charge in [-0.2, -0.15) is 0 Å². The number of ketones is 1. The normalized spacial score (nSPS) is 14.1. The first-order valence-electron chi connectivity index (χ1n) is 6.00. The van der Waals surface area contributed by atoms with Gasteiger partial charge < -0.3 is 5.11 Å². The number of benzene rings is 1. The van der Waals surface area contributed by atoms with Gasteiger partial charge in [-0.1, -0.05) is 24.3 Å². The third kappa shape index (κ3) is 2.56. The first kappa shape index (κ1) is 14.2. The van der Waals surface area contributed by atoms with E-state index in [0.717, 1.165) is 4.47 Å². The van der Waals surface area contributed by atoms with Gasteiger partial charge in [0.25, 0.3) is 0 Å². The second kappa shape index (κ2) is 5.54. The van der Waals surface area contributed by atoms with E-state index in [2.05, 4.69) is 41.8 Å². The average Bonchev–Trinajstić information content (AvgIpc) is 2.71. The van der Waals surface area contributed by atoms with E-state index >= 15 is 0 Å². The Morgan fingerprint density at radius 1 is 1.19 bits per heavy atom. The van der Waals surface area contributed by atoms with Gasteiger partial charge in [-0.25, -0.2) is 9.98 Å². The highest BCUT2D eigenvalue weighted by Crippen LogP contribution is 2.31. The summed E-state index contributed by atoms with van der Waals surface area (Å²) in [5.74, 6) is 0.148. The molecular formula is C15H8Br2N2O2. The molecule has 0 bridgehead atoms. The van der Waals surface area contributed by atoms with E-state index in [1.165, 1.54) is 6.21 Å². The largest absolute Gasteiger partial charge is 0.506 e. The van der Waals surface area contributed by atoms with Crippen LogP contribution in [0.1, 0.15) is 15.9 Å². The number of fused-ring (bicyclic) bond motifs is 1. The number of aromatic nitrogens is 1. The monoisotopic (exact) mass is 406 g/mol. The van der Waals surface area contributed by atoms with Crippen LogP contribution in [0.25, 0.3) is 5.76 Å². The van der Waals surface area contributed by atoms with Crippen LogP contribution in [-0.4, -0.2) is 22.1 Å². The van der Waals surface area contributed by atoms with E-state index in [-0.39, 0.29) is 17.1 Å². The molecule has 0 fully saturated rings. The van der Waals surface area contributed by atoms with Gasteiger partial charge in [-0.3, -0.25) is 4.79 Å². The molecule has 6 heteroatoms. The van der Waals surface area contributed by atoms with E-state index < -0.39 is 0 Å². The lowest BCUT2D eigenvalue weighted by Gasteiger charge is -1.98. The Bertz CT molecular complexity index is 813. The summed E-state index contributed by atoms with van der Waals surface area (Å²) in [6.07, 6.45) is 2.95. The second-order valence-electron chi connectivity index (χ2n) is 4.35. The van der Waals surface area contributed by atoms with Crippen molar-refractivity contribution in [3.63, 3.8) is 0 Å². The van der Waals surface area contributed by atoms with Crippen molar-refractivity contribution in [2.45, 2.75) is 0 Å². The van der Waals surface area contributed by atoms with Crippen molar-refractivity contribution in [2.24, 2.45) is 4.99 Å². The number of Topliss-reactive ketones (excluding diaryl/α,β-unsaturated/α-hetero) is 1. The summed E-state index contributed by atoms with van der Waals surface area (Å²) in [6, 6.07) is 8.73. The van der Waals surface area contributed by atoms with Crippen molar-refractivity contribution in [1.82, 2.24) is 4.98 Å². The molecule has 1 aliphatic rings. The van der Waals surface area contributed by atoms with Gasteiger partial charge in [-0.15, -0.1) is 0 Å². The van der Waals surface area contributed by atoms with Crippen LogP contribution in [0.4, 0.5) is 5.82 Å². The third-order valence-corrected chi connectivity index (χ3v) is 4.05. The summed E-state index contributed by atoms with van der Waals surface area (Å²) in [5, 5.41) is 10.1. The van der Waals surface area contributed by atoms with Crippen molar-refractivity contribution in [1.29, 1.82) is 0 Å². The van der Waals surface area contributed by atoms with Gasteiger partial charge in [0.1, 0.15) is 5.76 Å². The lowest BCUT2D eigenvalue weighted by Crippen LogP contribution is -1.99. The summed E-state index contributed by atoms with van der Waals surface area (Å²) in [6.45, 7) is 0. The van der Waals surface area contributed by atoms with Crippen molar-refractivity contribution in [2.75, 3.05) is 0 Å². The van der Waals surface area contributed by atoms with Gasteiger partial charge in [-0.05, 0) is 37.9 Å². The number of hydrogen-bond donors (Lipinski definition) is 1. The topological polar surface area (TPSA) is 62.5 Å². The molecule has 0 unspecified atom stereocenters. The first-order valence-corrected chi connectivity index (χ1v) is 7.59. The van der Waals surface area contributed by atoms with E-state index in [1.54, 1.807) is 36.5 Å². The maximum Gasteiger partial charge on any atom is 0.199 e. The highest BCUT2D eigenvalue weighted by molar-refractivity contribution is 9.11. The van der Waals surface area contributed by atoms with Crippen molar-refractivity contribution in [3.8, 4) is 0 Å². The summed E-state index contributed by atoms with van der Waals surface area (Å²) in [5.41, 5.74) is 1.19. The minimum atomic E-state index is -0.236. The maximum atomic E-state index is 12.2. The zero-order valence-corrected chi connectivity index (χ0v) is 13.7. The van der Waals surface area contributed by atoms with Crippen LogP contribution in [-0.2, 0) is 0 Å². The molecule has 0 atom stereocenters. The predicted molar refractivity (Wildman–Crippen MR) is 88.1 cm³/mol. The fraction of sp³-hybridized carbons (Fsp3) is 0. The van der Waals surface area contributed by atoms with Crippen LogP contribution < -0.4 is 0 Å². The Hall–Kier alpha value is -1.79. The minimum Gasteiger partial charge on any atom is -0.506 e. The Labute approximate surface area is 137 Å². The van der Waals surface area contributed by atoms with E-state index in [9.17, 15) is 9.90 Å². The Morgan fingerprint density at radius 2 is 1.90 bits per heavy atom. The molecule has 1 aromatic carbocycles. The molecule has 0 aliphatic heterocycles. The Morgan fingerprint density at radius 3 is 2.57 bits per heavy atom. The number of aliphatic hydroxyl groups is 1. The number of carbonyl (C=O) groups is 1. The summed E-state index contributed by atoms with van der Waals surface area (Å²) in [7, 11) is 0. The zero-order chi connectivity index (χ0) is 15.0. The van der Waals surface area contributed by atoms with E-state index in [1.807, 2.05) is 0 Å². The molecular weight excluding hydrogens is 400 g/mol. The smallest absolute Gasteiger partial charge is 0.199 e. The van der Waals surface area contributed by atoms with Gasteiger partial charge >= 0.3 is 0 Å². The van der Waals surface area contributed by atoms with E-state index in [4.69, 9.17) is 0 Å². The SMILES string of the molecule is O=C1C(/C=N/c2ncc(Br)cc2Br)=C(O)c2ccccc21. The first-order chi connectivity index (χ1) is 10.1. The molecule has 21 heavy (non-hydrogen) atoms. The molecule has 0 amide bonds. The van der Waals surface area contributed by atoms with Crippen molar-refractivity contribution < 1.29 is 9.90 Å². The predicted octanol–water partition coefficient (Wildman–Crippen LogP) is 4.47.